The summed E-state index contributed by atoms with van der Waals surface area (Å²) in [6.45, 7) is 0. The summed E-state index contributed by atoms with van der Waals surface area (Å²) in [5.74, 6) is -0.499. The Kier molecular flexibility index (Phi) is 4.22. The van der Waals surface area contributed by atoms with Gasteiger partial charge in [0.15, 0.2) is 6.29 Å². The topological polar surface area (TPSA) is 78.0 Å². The zero-order chi connectivity index (χ0) is 17.3. The summed E-state index contributed by atoms with van der Waals surface area (Å²) in [5, 5.41) is 15.0. The molecule has 1 heterocycles. The minimum absolute atomic E-state index is 0.0630. The third kappa shape index (κ3) is 2.71. The minimum Gasteiger partial charge on any atom is -0.298 e. The number of non-ortho nitro benzene ring substituents is 1. The number of halogens is 2. The third-order valence-electron chi connectivity index (χ3n) is 3.42. The van der Waals surface area contributed by atoms with Gasteiger partial charge >= 0.3 is 0 Å². The highest BCUT2D eigenvalue weighted by molar-refractivity contribution is 9.10. The number of carbonyl (C=O) groups is 1. The maximum Gasteiger partial charge on any atom is 0.269 e. The zero-order valence-corrected chi connectivity index (χ0v) is 13.6. The third-order valence-corrected chi connectivity index (χ3v) is 4.18. The minimum atomic E-state index is -0.510. The number of benzene rings is 2. The van der Waals surface area contributed by atoms with Crippen LogP contribution < -0.4 is 0 Å². The van der Waals surface area contributed by atoms with Crippen molar-refractivity contribution in [3.63, 3.8) is 0 Å². The fourth-order valence-electron chi connectivity index (χ4n) is 2.25. The molecule has 0 aliphatic rings. The first-order valence-electron chi connectivity index (χ1n) is 6.76. The van der Waals surface area contributed by atoms with Crippen LogP contribution in [0.15, 0.2) is 53.1 Å². The maximum atomic E-state index is 14.0. The quantitative estimate of drug-likeness (QED) is 0.381. The lowest BCUT2D eigenvalue weighted by molar-refractivity contribution is -0.384. The van der Waals surface area contributed by atoms with Crippen molar-refractivity contribution in [1.29, 1.82) is 0 Å². The molecule has 0 saturated carbocycles. The Bertz CT molecular complexity index is 938. The van der Waals surface area contributed by atoms with Crippen LogP contribution in [0.4, 0.5) is 10.1 Å². The van der Waals surface area contributed by atoms with Gasteiger partial charge in [0, 0.05) is 17.7 Å². The largest absolute Gasteiger partial charge is 0.298 e. The van der Waals surface area contributed by atoms with Crippen molar-refractivity contribution in [3.8, 4) is 16.9 Å². The summed E-state index contributed by atoms with van der Waals surface area (Å²) in [4.78, 5) is 21.6. The van der Waals surface area contributed by atoms with E-state index < -0.39 is 10.7 Å². The molecule has 0 N–H and O–H groups in total. The molecule has 0 atom stereocenters. The van der Waals surface area contributed by atoms with Crippen LogP contribution >= 0.6 is 15.9 Å². The number of nitro benzene ring substituents is 1. The van der Waals surface area contributed by atoms with E-state index in [-0.39, 0.29) is 22.5 Å². The van der Waals surface area contributed by atoms with E-state index in [2.05, 4.69) is 21.0 Å². The van der Waals surface area contributed by atoms with Crippen molar-refractivity contribution in [2.24, 2.45) is 0 Å². The van der Waals surface area contributed by atoms with Crippen LogP contribution in [0, 0.1) is 15.9 Å². The second kappa shape index (κ2) is 6.32. The fourth-order valence-corrected chi connectivity index (χ4v) is 2.82. The second-order valence-corrected chi connectivity index (χ2v) is 5.59. The number of aromatic nitrogens is 2. The molecule has 3 aromatic rings. The number of hydrogen-bond donors (Lipinski definition) is 0. The lowest BCUT2D eigenvalue weighted by Gasteiger charge is -2.02. The van der Waals surface area contributed by atoms with Gasteiger partial charge in [-0.3, -0.25) is 14.9 Å². The van der Waals surface area contributed by atoms with Crippen molar-refractivity contribution in [1.82, 2.24) is 9.78 Å². The van der Waals surface area contributed by atoms with Gasteiger partial charge in [-0.2, -0.15) is 5.10 Å². The molecule has 0 saturated heterocycles. The summed E-state index contributed by atoms with van der Waals surface area (Å²) in [6.07, 6.45) is 0.584. The van der Waals surface area contributed by atoms with Crippen LogP contribution in [0.2, 0.25) is 0 Å². The second-order valence-electron chi connectivity index (χ2n) is 4.84. The van der Waals surface area contributed by atoms with E-state index in [9.17, 15) is 19.3 Å². The van der Waals surface area contributed by atoms with Crippen LogP contribution in [-0.2, 0) is 0 Å². The van der Waals surface area contributed by atoms with Gasteiger partial charge < -0.3 is 0 Å². The number of aldehydes is 1. The Morgan fingerprint density at radius 2 is 1.83 bits per heavy atom. The van der Waals surface area contributed by atoms with E-state index >= 15 is 0 Å². The van der Waals surface area contributed by atoms with Gasteiger partial charge in [-0.05, 0) is 40.2 Å². The lowest BCUT2D eigenvalue weighted by atomic mass is 10.1. The summed E-state index contributed by atoms with van der Waals surface area (Å²) in [5.41, 5.74) is 1.01. The molecule has 0 spiro atoms. The Morgan fingerprint density at radius 1 is 1.17 bits per heavy atom. The monoisotopic (exact) mass is 389 g/mol. The number of nitro groups is 1. The van der Waals surface area contributed by atoms with Crippen LogP contribution in [-0.4, -0.2) is 21.0 Å². The first-order valence-corrected chi connectivity index (χ1v) is 7.55. The highest BCUT2D eigenvalue weighted by atomic mass is 79.9. The lowest BCUT2D eigenvalue weighted by Crippen LogP contribution is -1.98. The SMILES string of the molecule is O=Cc1c(-c2ccccc2F)nn(-c2ccc([N+](=O)[O-])cc2)c1Br. The fraction of sp³-hybridized carbons (Fsp3) is 0. The first-order chi connectivity index (χ1) is 11.5. The van der Waals surface area contributed by atoms with Gasteiger partial charge in [-0.15, -0.1) is 0 Å². The van der Waals surface area contributed by atoms with Crippen molar-refractivity contribution < 1.29 is 14.1 Å². The summed E-state index contributed by atoms with van der Waals surface area (Å²) in [6, 6.07) is 11.6. The van der Waals surface area contributed by atoms with Crippen molar-refractivity contribution in [2.45, 2.75) is 0 Å². The molecular formula is C16H9BrFN3O3. The number of carbonyl (C=O) groups excluding carboxylic acids is 1. The molecule has 0 aliphatic carbocycles. The van der Waals surface area contributed by atoms with E-state index in [1.165, 1.54) is 41.1 Å². The molecule has 6 nitrogen and oxygen atoms in total. The van der Waals surface area contributed by atoms with Gasteiger partial charge in [-0.1, -0.05) is 12.1 Å². The molecule has 0 amide bonds. The van der Waals surface area contributed by atoms with Crippen LogP contribution in [0.5, 0.6) is 0 Å². The van der Waals surface area contributed by atoms with Crippen molar-refractivity contribution >= 4 is 27.9 Å². The van der Waals surface area contributed by atoms with Crippen LogP contribution in [0.3, 0.4) is 0 Å². The Hall–Kier alpha value is -2.87. The molecule has 24 heavy (non-hydrogen) atoms. The van der Waals surface area contributed by atoms with Crippen LogP contribution in [0.25, 0.3) is 16.9 Å². The predicted molar refractivity (Wildman–Crippen MR) is 88.7 cm³/mol. The van der Waals surface area contributed by atoms with Gasteiger partial charge in [0.1, 0.15) is 16.1 Å². The van der Waals surface area contributed by atoms with Gasteiger partial charge in [0.25, 0.3) is 5.69 Å². The standard InChI is InChI=1S/C16H9BrFN3O3/c17-16-13(9-22)15(12-3-1-2-4-14(12)18)19-20(16)10-5-7-11(8-6-10)21(23)24/h1-9H. The smallest absolute Gasteiger partial charge is 0.269 e. The molecule has 3 rings (SSSR count). The molecule has 1 aromatic heterocycles. The van der Waals surface area contributed by atoms with E-state index in [0.29, 0.717) is 16.6 Å². The molecule has 0 unspecified atom stereocenters. The van der Waals surface area contributed by atoms with Crippen molar-refractivity contribution in [3.05, 3.63) is 74.6 Å². The van der Waals surface area contributed by atoms with Gasteiger partial charge in [-0.25, -0.2) is 9.07 Å². The predicted octanol–water partition coefficient (Wildman–Crippen LogP) is 4.16. The van der Waals surface area contributed by atoms with Gasteiger partial charge in [0.05, 0.1) is 16.2 Å². The molecule has 2 aromatic carbocycles. The Labute approximate surface area is 143 Å². The summed E-state index contributed by atoms with van der Waals surface area (Å²) < 4.78 is 15.7. The van der Waals surface area contributed by atoms with E-state index in [4.69, 9.17) is 0 Å². The normalized spacial score (nSPS) is 10.6. The van der Waals surface area contributed by atoms with Crippen LogP contribution in [0.1, 0.15) is 10.4 Å². The Morgan fingerprint density at radius 3 is 2.42 bits per heavy atom. The van der Waals surface area contributed by atoms with E-state index in [1.54, 1.807) is 12.1 Å². The number of nitrogens with zero attached hydrogens (tertiary/aromatic N) is 3. The summed E-state index contributed by atoms with van der Waals surface area (Å²) in [7, 11) is 0. The number of rotatable bonds is 4. The first kappa shape index (κ1) is 16.0. The zero-order valence-electron chi connectivity index (χ0n) is 12.0. The molecule has 0 fully saturated rings. The molecule has 0 aliphatic heterocycles. The Balaban J connectivity index is 2.15. The average molecular weight is 390 g/mol. The number of hydrogen-bond acceptors (Lipinski definition) is 4. The molecule has 120 valence electrons. The van der Waals surface area contributed by atoms with Gasteiger partial charge in [0.2, 0.25) is 0 Å². The van der Waals surface area contributed by atoms with E-state index in [0.717, 1.165) is 0 Å². The highest BCUT2D eigenvalue weighted by Gasteiger charge is 2.20. The average Bonchev–Trinajstić information content (AvgIpc) is 2.91. The maximum absolute atomic E-state index is 14.0. The molecule has 0 radical (unpaired) electrons. The highest BCUT2D eigenvalue weighted by Crippen LogP contribution is 2.31. The van der Waals surface area contributed by atoms with Crippen molar-refractivity contribution in [2.75, 3.05) is 0 Å². The molecular weight excluding hydrogens is 381 g/mol. The van der Waals surface area contributed by atoms with E-state index in [1.807, 2.05) is 0 Å². The molecule has 0 bridgehead atoms. The summed E-state index contributed by atoms with van der Waals surface area (Å²) >= 11 is 3.28. The molecule has 8 heteroatoms.